The summed E-state index contributed by atoms with van der Waals surface area (Å²) in [4.78, 5) is 25.3. The van der Waals surface area contributed by atoms with E-state index in [-0.39, 0.29) is 24.0 Å². The molecule has 0 spiro atoms. The van der Waals surface area contributed by atoms with Crippen LogP contribution < -0.4 is 10.6 Å². The Morgan fingerprint density at radius 1 is 1.23 bits per heavy atom. The molecule has 6 heteroatoms. The molecule has 2 N–H and O–H groups in total. The number of anilines is 1. The van der Waals surface area contributed by atoms with E-state index in [2.05, 4.69) is 10.6 Å². The number of ether oxygens (including phenoxy) is 1. The molecule has 122 valence electrons. The Labute approximate surface area is 131 Å². The van der Waals surface area contributed by atoms with Gasteiger partial charge in [-0.3, -0.25) is 4.79 Å². The fourth-order valence-corrected chi connectivity index (χ4v) is 1.88. The maximum Gasteiger partial charge on any atom is 0.322 e. The molecule has 3 amide bonds. The molecule has 0 aliphatic heterocycles. The summed E-state index contributed by atoms with van der Waals surface area (Å²) in [5, 5.41) is 5.61. The number of carbonyl (C=O) groups is 2. The van der Waals surface area contributed by atoms with E-state index in [4.69, 9.17) is 4.74 Å². The van der Waals surface area contributed by atoms with E-state index >= 15 is 0 Å². The second kappa shape index (κ2) is 7.79. The zero-order valence-corrected chi connectivity index (χ0v) is 13.9. The largest absolute Gasteiger partial charge is 0.380 e. The van der Waals surface area contributed by atoms with Crippen molar-refractivity contribution in [3.05, 3.63) is 29.8 Å². The molecule has 6 nitrogen and oxygen atoms in total. The van der Waals surface area contributed by atoms with Gasteiger partial charge in [0.15, 0.2) is 0 Å². The normalized spacial score (nSPS) is 11.0. The van der Waals surface area contributed by atoms with Gasteiger partial charge >= 0.3 is 6.03 Å². The smallest absolute Gasteiger partial charge is 0.322 e. The maximum absolute atomic E-state index is 12.2. The molecule has 0 bridgehead atoms. The lowest BCUT2D eigenvalue weighted by molar-refractivity contribution is -0.122. The van der Waals surface area contributed by atoms with Crippen LogP contribution in [0.15, 0.2) is 24.3 Å². The maximum atomic E-state index is 12.2. The molecule has 0 fully saturated rings. The Morgan fingerprint density at radius 3 is 2.45 bits per heavy atom. The van der Waals surface area contributed by atoms with E-state index in [0.29, 0.717) is 12.3 Å². The van der Waals surface area contributed by atoms with Crippen molar-refractivity contribution in [2.45, 2.75) is 32.9 Å². The van der Waals surface area contributed by atoms with Crippen LogP contribution in [0.2, 0.25) is 0 Å². The van der Waals surface area contributed by atoms with Crippen LogP contribution >= 0.6 is 0 Å². The number of nitrogens with zero attached hydrogens (tertiary/aromatic N) is 1. The van der Waals surface area contributed by atoms with Gasteiger partial charge in [-0.05, 0) is 26.8 Å². The molecule has 0 saturated carbocycles. The predicted octanol–water partition coefficient (Wildman–Crippen LogP) is 2.21. The third kappa shape index (κ3) is 6.13. The first-order valence-corrected chi connectivity index (χ1v) is 7.13. The summed E-state index contributed by atoms with van der Waals surface area (Å²) in [5.74, 6) is -0.199. The van der Waals surface area contributed by atoms with Crippen molar-refractivity contribution in [1.82, 2.24) is 10.2 Å². The van der Waals surface area contributed by atoms with Crippen LogP contribution in [0.5, 0.6) is 0 Å². The number of hydrogen-bond donors (Lipinski definition) is 2. The summed E-state index contributed by atoms with van der Waals surface area (Å²) in [6.07, 6.45) is 0. The van der Waals surface area contributed by atoms with Gasteiger partial charge in [0, 0.05) is 30.9 Å². The lowest BCUT2D eigenvalue weighted by Crippen LogP contribution is -2.47. The minimum absolute atomic E-state index is 0.00442. The lowest BCUT2D eigenvalue weighted by Gasteiger charge is -2.23. The number of hydrogen-bond acceptors (Lipinski definition) is 3. The van der Waals surface area contributed by atoms with Crippen molar-refractivity contribution in [2.24, 2.45) is 0 Å². The van der Waals surface area contributed by atoms with E-state index in [1.54, 1.807) is 20.2 Å². The highest BCUT2D eigenvalue weighted by Crippen LogP contribution is 2.16. The average molecular weight is 307 g/mol. The highest BCUT2D eigenvalue weighted by Gasteiger charge is 2.18. The van der Waals surface area contributed by atoms with Crippen molar-refractivity contribution >= 4 is 17.6 Å². The van der Waals surface area contributed by atoms with E-state index in [1.807, 2.05) is 39.0 Å². The Hall–Kier alpha value is -2.08. The monoisotopic (exact) mass is 307 g/mol. The molecule has 1 rings (SSSR count). The van der Waals surface area contributed by atoms with E-state index < -0.39 is 0 Å². The highest BCUT2D eigenvalue weighted by molar-refractivity contribution is 5.92. The number of rotatable bonds is 5. The summed E-state index contributed by atoms with van der Waals surface area (Å²) in [6.45, 7) is 6.09. The SMILES string of the molecule is COCc1ccccc1NC(=O)N(C)CC(=O)NC(C)(C)C. The first-order valence-electron chi connectivity index (χ1n) is 7.13. The topological polar surface area (TPSA) is 70.7 Å². The molecule has 0 radical (unpaired) electrons. The van der Waals surface area contributed by atoms with Crippen LogP contribution in [-0.4, -0.2) is 43.1 Å². The van der Waals surface area contributed by atoms with Crippen molar-refractivity contribution in [1.29, 1.82) is 0 Å². The van der Waals surface area contributed by atoms with Crippen molar-refractivity contribution < 1.29 is 14.3 Å². The number of carbonyl (C=O) groups excluding carboxylic acids is 2. The Balaban J connectivity index is 2.63. The number of likely N-dealkylation sites (N-methyl/N-ethyl adjacent to an activating group) is 1. The number of nitrogens with one attached hydrogen (secondary N) is 2. The molecule has 0 heterocycles. The van der Waals surface area contributed by atoms with Crippen LogP contribution in [0.3, 0.4) is 0 Å². The molecular formula is C16H25N3O3. The fraction of sp³-hybridized carbons (Fsp3) is 0.500. The Morgan fingerprint density at radius 2 is 1.86 bits per heavy atom. The van der Waals surface area contributed by atoms with Crippen molar-refractivity contribution in [3.63, 3.8) is 0 Å². The standard InChI is InChI=1S/C16H25N3O3/c1-16(2,3)18-14(20)10-19(4)15(21)17-13-9-7-6-8-12(13)11-22-5/h6-9H,10-11H2,1-5H3,(H,17,21)(H,18,20). The lowest BCUT2D eigenvalue weighted by atomic mass is 10.1. The summed E-state index contributed by atoms with van der Waals surface area (Å²) < 4.78 is 5.10. The van der Waals surface area contributed by atoms with Crippen LogP contribution in [-0.2, 0) is 16.1 Å². The van der Waals surface area contributed by atoms with Gasteiger partial charge in [0.1, 0.15) is 6.54 Å². The van der Waals surface area contributed by atoms with Gasteiger partial charge < -0.3 is 20.3 Å². The molecule has 0 saturated heterocycles. The first-order chi connectivity index (χ1) is 10.2. The van der Waals surface area contributed by atoms with Gasteiger partial charge in [0.05, 0.1) is 6.61 Å². The summed E-state index contributed by atoms with van der Waals surface area (Å²) in [6, 6.07) is 7.05. The van der Waals surface area contributed by atoms with Crippen LogP contribution in [0.25, 0.3) is 0 Å². The van der Waals surface area contributed by atoms with Gasteiger partial charge in [0.25, 0.3) is 0 Å². The van der Waals surface area contributed by atoms with E-state index in [0.717, 1.165) is 5.56 Å². The molecule has 1 aromatic carbocycles. The molecule has 0 aliphatic carbocycles. The Kier molecular flexibility index (Phi) is 6.37. The number of urea groups is 1. The van der Waals surface area contributed by atoms with E-state index in [9.17, 15) is 9.59 Å². The number of benzene rings is 1. The second-order valence-corrected chi connectivity index (χ2v) is 6.17. The zero-order chi connectivity index (χ0) is 16.8. The number of amides is 3. The van der Waals surface area contributed by atoms with Gasteiger partial charge in [-0.1, -0.05) is 18.2 Å². The highest BCUT2D eigenvalue weighted by atomic mass is 16.5. The predicted molar refractivity (Wildman–Crippen MR) is 86.7 cm³/mol. The fourth-order valence-electron chi connectivity index (χ4n) is 1.88. The molecule has 0 aliphatic rings. The number of methoxy groups -OCH3 is 1. The van der Waals surface area contributed by atoms with E-state index in [1.165, 1.54) is 4.90 Å². The molecule has 1 aromatic rings. The second-order valence-electron chi connectivity index (χ2n) is 6.17. The molecular weight excluding hydrogens is 282 g/mol. The quantitative estimate of drug-likeness (QED) is 0.876. The van der Waals surface area contributed by atoms with Crippen LogP contribution in [0.1, 0.15) is 26.3 Å². The van der Waals surface area contributed by atoms with Crippen molar-refractivity contribution in [3.8, 4) is 0 Å². The third-order valence-corrected chi connectivity index (χ3v) is 2.80. The number of para-hydroxylation sites is 1. The summed E-state index contributed by atoms with van der Waals surface area (Å²) in [5.41, 5.74) is 1.24. The third-order valence-electron chi connectivity index (χ3n) is 2.80. The molecule has 0 aromatic heterocycles. The summed E-state index contributed by atoms with van der Waals surface area (Å²) >= 11 is 0. The minimum Gasteiger partial charge on any atom is -0.380 e. The van der Waals surface area contributed by atoms with Gasteiger partial charge in [-0.15, -0.1) is 0 Å². The van der Waals surface area contributed by atoms with Gasteiger partial charge in [-0.25, -0.2) is 4.79 Å². The zero-order valence-electron chi connectivity index (χ0n) is 13.9. The molecule has 22 heavy (non-hydrogen) atoms. The van der Waals surface area contributed by atoms with Crippen LogP contribution in [0.4, 0.5) is 10.5 Å². The first kappa shape index (κ1) is 18.0. The average Bonchev–Trinajstić information content (AvgIpc) is 2.38. The Bertz CT molecular complexity index is 524. The molecule has 0 unspecified atom stereocenters. The van der Waals surface area contributed by atoms with Crippen LogP contribution in [0, 0.1) is 0 Å². The molecule has 0 atom stereocenters. The van der Waals surface area contributed by atoms with Crippen molar-refractivity contribution in [2.75, 3.05) is 26.0 Å². The minimum atomic E-state index is -0.340. The van der Waals surface area contributed by atoms with Gasteiger partial charge in [0.2, 0.25) is 5.91 Å². The summed E-state index contributed by atoms with van der Waals surface area (Å²) in [7, 11) is 3.18. The van der Waals surface area contributed by atoms with Gasteiger partial charge in [-0.2, -0.15) is 0 Å².